The Hall–Kier alpha value is -1.39. The molecule has 0 saturated heterocycles. The standard InChI is InChI=1S/C11H6ClIN4/c12-8-2-1-7(4-14)10(3-8)17-11-9(13)5-15-6-16-11/h1-3,5-6H,(H,15,16,17). The second-order valence-electron chi connectivity index (χ2n) is 3.15. The highest BCUT2D eigenvalue weighted by Crippen LogP contribution is 2.25. The lowest BCUT2D eigenvalue weighted by atomic mass is 10.2. The number of nitrogens with one attached hydrogen (secondary N) is 1. The van der Waals surface area contributed by atoms with Crippen LogP contribution in [0.5, 0.6) is 0 Å². The van der Waals surface area contributed by atoms with Gasteiger partial charge in [-0.3, -0.25) is 0 Å². The van der Waals surface area contributed by atoms with Crippen LogP contribution in [0.15, 0.2) is 30.7 Å². The van der Waals surface area contributed by atoms with E-state index in [1.165, 1.54) is 6.33 Å². The van der Waals surface area contributed by atoms with Gasteiger partial charge in [-0.1, -0.05) is 11.6 Å². The molecule has 0 aliphatic carbocycles. The molecule has 0 radical (unpaired) electrons. The van der Waals surface area contributed by atoms with Crippen LogP contribution in [0.3, 0.4) is 0 Å². The maximum atomic E-state index is 8.99. The van der Waals surface area contributed by atoms with Crippen LogP contribution in [-0.4, -0.2) is 9.97 Å². The van der Waals surface area contributed by atoms with E-state index in [0.717, 1.165) is 3.57 Å². The molecule has 2 rings (SSSR count). The molecule has 0 amide bonds. The third kappa shape index (κ3) is 2.84. The van der Waals surface area contributed by atoms with Crippen molar-refractivity contribution in [2.24, 2.45) is 0 Å². The Bertz CT molecular complexity index is 594. The van der Waals surface area contributed by atoms with Crippen molar-refractivity contribution in [3.8, 4) is 6.07 Å². The van der Waals surface area contributed by atoms with Gasteiger partial charge in [0.1, 0.15) is 18.2 Å². The molecule has 0 unspecified atom stereocenters. The Labute approximate surface area is 117 Å². The second-order valence-corrected chi connectivity index (χ2v) is 4.74. The summed E-state index contributed by atoms with van der Waals surface area (Å²) in [6.07, 6.45) is 3.13. The molecule has 1 N–H and O–H groups in total. The molecule has 0 atom stereocenters. The van der Waals surface area contributed by atoms with E-state index in [2.05, 4.69) is 43.9 Å². The largest absolute Gasteiger partial charge is 0.338 e. The summed E-state index contributed by atoms with van der Waals surface area (Å²) in [5.74, 6) is 0.652. The normalized spacial score (nSPS) is 9.71. The van der Waals surface area contributed by atoms with Gasteiger partial charge in [0.05, 0.1) is 14.8 Å². The van der Waals surface area contributed by atoms with Gasteiger partial charge in [-0.25, -0.2) is 9.97 Å². The van der Waals surface area contributed by atoms with E-state index < -0.39 is 0 Å². The third-order valence-electron chi connectivity index (χ3n) is 2.02. The van der Waals surface area contributed by atoms with Crippen molar-refractivity contribution >= 4 is 45.7 Å². The highest BCUT2D eigenvalue weighted by atomic mass is 127. The van der Waals surface area contributed by atoms with Crippen molar-refractivity contribution in [1.82, 2.24) is 9.97 Å². The number of nitrogens with zero attached hydrogens (tertiary/aromatic N) is 3. The van der Waals surface area contributed by atoms with Crippen LogP contribution in [0.1, 0.15) is 5.56 Å². The smallest absolute Gasteiger partial charge is 0.147 e. The lowest BCUT2D eigenvalue weighted by Gasteiger charge is -2.08. The van der Waals surface area contributed by atoms with Gasteiger partial charge in [0.25, 0.3) is 0 Å². The fourth-order valence-corrected chi connectivity index (χ4v) is 1.86. The van der Waals surface area contributed by atoms with Crippen molar-refractivity contribution in [1.29, 1.82) is 5.26 Å². The topological polar surface area (TPSA) is 61.6 Å². The lowest BCUT2D eigenvalue weighted by Crippen LogP contribution is -1.98. The van der Waals surface area contributed by atoms with Crippen LogP contribution in [0.4, 0.5) is 11.5 Å². The van der Waals surface area contributed by atoms with Crippen molar-refractivity contribution in [2.75, 3.05) is 5.32 Å². The summed E-state index contributed by atoms with van der Waals surface area (Å²) in [7, 11) is 0. The van der Waals surface area contributed by atoms with Gasteiger partial charge in [-0.05, 0) is 40.8 Å². The molecule has 0 aliphatic rings. The lowest BCUT2D eigenvalue weighted by molar-refractivity contribution is 1.15. The zero-order valence-corrected chi connectivity index (χ0v) is 11.4. The van der Waals surface area contributed by atoms with Crippen LogP contribution in [0.2, 0.25) is 5.02 Å². The molecule has 1 aromatic carbocycles. The maximum Gasteiger partial charge on any atom is 0.147 e. The van der Waals surface area contributed by atoms with Gasteiger partial charge in [0.15, 0.2) is 0 Å². The highest BCUT2D eigenvalue weighted by molar-refractivity contribution is 14.1. The Morgan fingerprint density at radius 2 is 2.24 bits per heavy atom. The van der Waals surface area contributed by atoms with E-state index in [4.69, 9.17) is 16.9 Å². The third-order valence-corrected chi connectivity index (χ3v) is 3.05. The molecule has 1 aromatic heterocycles. The molecule has 0 saturated carbocycles. The number of hydrogen-bond acceptors (Lipinski definition) is 4. The minimum atomic E-state index is 0.517. The first kappa shape index (κ1) is 12.1. The second kappa shape index (κ2) is 5.29. The number of hydrogen-bond donors (Lipinski definition) is 1. The Morgan fingerprint density at radius 3 is 2.94 bits per heavy atom. The molecule has 84 valence electrons. The van der Waals surface area contributed by atoms with E-state index in [-0.39, 0.29) is 0 Å². The summed E-state index contributed by atoms with van der Waals surface area (Å²) in [4.78, 5) is 7.99. The Kier molecular flexibility index (Phi) is 3.76. The predicted octanol–water partition coefficient (Wildman–Crippen LogP) is 3.35. The van der Waals surface area contributed by atoms with E-state index in [1.54, 1.807) is 24.4 Å². The molecule has 0 fully saturated rings. The Morgan fingerprint density at radius 1 is 1.41 bits per heavy atom. The molecule has 6 heteroatoms. The summed E-state index contributed by atoms with van der Waals surface area (Å²) in [6, 6.07) is 7.13. The average Bonchev–Trinajstić information content (AvgIpc) is 2.32. The first-order chi connectivity index (χ1) is 8.20. The molecule has 17 heavy (non-hydrogen) atoms. The first-order valence-corrected chi connectivity index (χ1v) is 6.08. The van der Waals surface area contributed by atoms with Crippen LogP contribution in [0.25, 0.3) is 0 Å². The van der Waals surface area contributed by atoms with Crippen LogP contribution < -0.4 is 5.32 Å². The molecule has 1 heterocycles. The van der Waals surface area contributed by atoms with Gasteiger partial charge in [-0.15, -0.1) is 0 Å². The monoisotopic (exact) mass is 356 g/mol. The SMILES string of the molecule is N#Cc1ccc(Cl)cc1Nc1ncncc1I. The fourth-order valence-electron chi connectivity index (χ4n) is 1.25. The summed E-state index contributed by atoms with van der Waals surface area (Å²) in [5, 5.41) is 12.6. The van der Waals surface area contributed by atoms with Crippen molar-refractivity contribution in [3.63, 3.8) is 0 Å². The zero-order chi connectivity index (χ0) is 12.3. The number of rotatable bonds is 2. The number of anilines is 2. The summed E-state index contributed by atoms with van der Waals surface area (Å²) in [5.41, 5.74) is 1.15. The van der Waals surface area contributed by atoms with Gasteiger partial charge in [-0.2, -0.15) is 5.26 Å². The van der Waals surface area contributed by atoms with E-state index in [0.29, 0.717) is 22.1 Å². The molecule has 0 aliphatic heterocycles. The summed E-state index contributed by atoms with van der Waals surface area (Å²) < 4.78 is 0.869. The molecule has 0 bridgehead atoms. The zero-order valence-electron chi connectivity index (χ0n) is 8.48. The molecular formula is C11H6ClIN4. The number of halogens is 2. The van der Waals surface area contributed by atoms with Gasteiger partial charge < -0.3 is 5.32 Å². The van der Waals surface area contributed by atoms with Gasteiger partial charge in [0.2, 0.25) is 0 Å². The quantitative estimate of drug-likeness (QED) is 0.838. The first-order valence-electron chi connectivity index (χ1n) is 4.63. The van der Waals surface area contributed by atoms with Gasteiger partial charge >= 0.3 is 0 Å². The molecule has 4 nitrogen and oxygen atoms in total. The van der Waals surface area contributed by atoms with E-state index in [9.17, 15) is 0 Å². The van der Waals surface area contributed by atoms with Crippen molar-refractivity contribution in [3.05, 3.63) is 44.9 Å². The summed E-state index contributed by atoms with van der Waals surface area (Å²) >= 11 is 8.01. The van der Waals surface area contributed by atoms with Crippen LogP contribution in [-0.2, 0) is 0 Å². The van der Waals surface area contributed by atoms with Crippen LogP contribution in [0, 0.1) is 14.9 Å². The Balaban J connectivity index is 2.40. The van der Waals surface area contributed by atoms with Crippen molar-refractivity contribution in [2.45, 2.75) is 0 Å². The molecular weight excluding hydrogens is 351 g/mol. The van der Waals surface area contributed by atoms with Crippen LogP contribution >= 0.6 is 34.2 Å². The number of aromatic nitrogens is 2. The number of nitriles is 1. The van der Waals surface area contributed by atoms with Crippen molar-refractivity contribution < 1.29 is 0 Å². The minimum Gasteiger partial charge on any atom is -0.338 e. The predicted molar refractivity (Wildman–Crippen MR) is 74.2 cm³/mol. The van der Waals surface area contributed by atoms with Gasteiger partial charge in [0, 0.05) is 11.2 Å². The average molecular weight is 357 g/mol. The highest BCUT2D eigenvalue weighted by Gasteiger charge is 2.06. The van der Waals surface area contributed by atoms with E-state index in [1.807, 2.05) is 0 Å². The summed E-state index contributed by atoms with van der Waals surface area (Å²) in [6.45, 7) is 0. The fraction of sp³-hybridized carbons (Fsp3) is 0. The van der Waals surface area contributed by atoms with E-state index >= 15 is 0 Å². The maximum absolute atomic E-state index is 8.99. The molecule has 2 aromatic rings. The minimum absolute atomic E-state index is 0.517. The number of benzene rings is 1. The molecule has 0 spiro atoms.